The number of fused-ring (bicyclic) bond motifs is 1. The SMILES string of the molecule is CCC(=O)CCCCCCc1ncc(-c2cc3ccncc3cc2OC)o1. The largest absolute Gasteiger partial charge is 0.496 e. The van der Waals surface area contributed by atoms with Gasteiger partial charge < -0.3 is 9.15 Å². The number of carbonyl (C=O) groups excluding carboxylic acids is 1. The van der Waals surface area contributed by atoms with Crippen molar-refractivity contribution in [3.05, 3.63) is 42.7 Å². The quantitative estimate of drug-likeness (QED) is 0.451. The van der Waals surface area contributed by atoms with Crippen molar-refractivity contribution in [2.24, 2.45) is 0 Å². The van der Waals surface area contributed by atoms with E-state index in [-0.39, 0.29) is 0 Å². The van der Waals surface area contributed by atoms with Gasteiger partial charge in [0.15, 0.2) is 11.7 Å². The maximum atomic E-state index is 11.3. The van der Waals surface area contributed by atoms with E-state index in [1.165, 1.54) is 0 Å². The molecule has 142 valence electrons. The van der Waals surface area contributed by atoms with Crippen LogP contribution in [0.2, 0.25) is 0 Å². The Morgan fingerprint density at radius 3 is 2.78 bits per heavy atom. The molecule has 0 aliphatic heterocycles. The molecule has 2 heterocycles. The van der Waals surface area contributed by atoms with Crippen molar-refractivity contribution in [1.82, 2.24) is 9.97 Å². The number of nitrogens with zero attached hydrogens (tertiary/aromatic N) is 2. The van der Waals surface area contributed by atoms with Crippen LogP contribution in [0, 0.1) is 0 Å². The van der Waals surface area contributed by atoms with Gasteiger partial charge in [-0.15, -0.1) is 0 Å². The first-order chi connectivity index (χ1) is 13.2. The van der Waals surface area contributed by atoms with Crippen molar-refractivity contribution >= 4 is 16.6 Å². The molecule has 0 bridgehead atoms. The molecule has 3 rings (SSSR count). The summed E-state index contributed by atoms with van der Waals surface area (Å²) in [5.41, 5.74) is 0.896. The van der Waals surface area contributed by atoms with E-state index in [0.717, 1.165) is 60.1 Å². The highest BCUT2D eigenvalue weighted by Crippen LogP contribution is 2.34. The van der Waals surface area contributed by atoms with Crippen molar-refractivity contribution < 1.29 is 13.9 Å². The van der Waals surface area contributed by atoms with E-state index in [1.54, 1.807) is 19.5 Å². The molecule has 0 radical (unpaired) electrons. The molecule has 0 spiro atoms. The molecule has 0 saturated carbocycles. The van der Waals surface area contributed by atoms with Crippen molar-refractivity contribution in [3.8, 4) is 17.1 Å². The molecule has 3 aromatic rings. The van der Waals surface area contributed by atoms with E-state index in [9.17, 15) is 4.79 Å². The van der Waals surface area contributed by atoms with Crippen LogP contribution in [0.1, 0.15) is 51.3 Å². The van der Waals surface area contributed by atoms with Crippen LogP contribution < -0.4 is 4.74 Å². The Morgan fingerprint density at radius 1 is 1.11 bits per heavy atom. The number of Topliss-reactive ketones (excluding diaryl/α,β-unsaturated/α-hetero) is 1. The summed E-state index contributed by atoms with van der Waals surface area (Å²) in [6, 6.07) is 5.99. The molecule has 0 unspecified atom stereocenters. The summed E-state index contributed by atoms with van der Waals surface area (Å²) in [6.45, 7) is 1.92. The van der Waals surface area contributed by atoms with Gasteiger partial charge in [0.05, 0.1) is 18.9 Å². The predicted octanol–water partition coefficient (Wildman–Crippen LogP) is 5.37. The molecular weight excluding hydrogens is 340 g/mol. The van der Waals surface area contributed by atoms with E-state index < -0.39 is 0 Å². The summed E-state index contributed by atoms with van der Waals surface area (Å²) in [7, 11) is 1.65. The fraction of sp³-hybridized carbons (Fsp3) is 0.409. The second-order valence-electron chi connectivity index (χ2n) is 6.70. The molecule has 0 fully saturated rings. The van der Waals surface area contributed by atoms with Gasteiger partial charge >= 0.3 is 0 Å². The lowest BCUT2D eigenvalue weighted by Gasteiger charge is -2.08. The highest BCUT2D eigenvalue weighted by molar-refractivity contribution is 5.89. The first-order valence-electron chi connectivity index (χ1n) is 9.59. The number of oxazole rings is 1. The Morgan fingerprint density at radius 2 is 1.96 bits per heavy atom. The standard InChI is InChI=1S/C22H26N2O3/c1-3-18(25)8-6-4-5-7-9-22-24-15-21(27-22)19-12-16-10-11-23-14-17(16)13-20(19)26-2/h10-15H,3-9H2,1-2H3. The highest BCUT2D eigenvalue weighted by atomic mass is 16.5. The van der Waals surface area contributed by atoms with Gasteiger partial charge in [-0.25, -0.2) is 4.98 Å². The fourth-order valence-electron chi connectivity index (χ4n) is 3.16. The molecule has 1 aromatic carbocycles. The summed E-state index contributed by atoms with van der Waals surface area (Å²) in [5.74, 6) is 2.56. The van der Waals surface area contributed by atoms with Crippen molar-refractivity contribution in [2.45, 2.75) is 51.9 Å². The van der Waals surface area contributed by atoms with Gasteiger partial charge in [-0.1, -0.05) is 19.8 Å². The molecule has 0 N–H and O–H groups in total. The summed E-state index contributed by atoms with van der Waals surface area (Å²) in [6.07, 6.45) is 11.7. The van der Waals surface area contributed by atoms with E-state index in [2.05, 4.69) is 9.97 Å². The second kappa shape index (κ2) is 9.31. The number of hydrogen-bond donors (Lipinski definition) is 0. The van der Waals surface area contributed by atoms with Crippen LogP contribution in [-0.4, -0.2) is 22.9 Å². The zero-order valence-corrected chi connectivity index (χ0v) is 16.0. The van der Waals surface area contributed by atoms with E-state index in [1.807, 2.05) is 31.3 Å². The Bertz CT molecular complexity index is 901. The van der Waals surface area contributed by atoms with Crippen LogP contribution in [0.15, 0.2) is 41.2 Å². The summed E-state index contributed by atoms with van der Waals surface area (Å²) >= 11 is 0. The average Bonchev–Trinajstić information content (AvgIpc) is 3.18. The molecular formula is C22H26N2O3. The summed E-state index contributed by atoms with van der Waals surface area (Å²) in [5, 5.41) is 2.11. The first kappa shape index (κ1) is 19.1. The minimum absolute atomic E-state index is 0.354. The number of pyridine rings is 1. The van der Waals surface area contributed by atoms with Gasteiger partial charge in [-0.05, 0) is 36.4 Å². The van der Waals surface area contributed by atoms with Crippen LogP contribution in [0.4, 0.5) is 0 Å². The van der Waals surface area contributed by atoms with E-state index in [0.29, 0.717) is 24.4 Å². The monoisotopic (exact) mass is 366 g/mol. The minimum Gasteiger partial charge on any atom is -0.496 e. The lowest BCUT2D eigenvalue weighted by atomic mass is 10.1. The number of unbranched alkanes of at least 4 members (excludes halogenated alkanes) is 3. The molecule has 0 aliphatic carbocycles. The molecule has 0 atom stereocenters. The number of methoxy groups -OCH3 is 1. The van der Waals surface area contributed by atoms with Crippen molar-refractivity contribution in [3.63, 3.8) is 0 Å². The minimum atomic E-state index is 0.354. The smallest absolute Gasteiger partial charge is 0.194 e. The highest BCUT2D eigenvalue weighted by Gasteiger charge is 2.13. The van der Waals surface area contributed by atoms with Gasteiger partial charge in [0.2, 0.25) is 0 Å². The lowest BCUT2D eigenvalue weighted by molar-refractivity contribution is -0.118. The number of rotatable bonds is 10. The molecule has 2 aromatic heterocycles. The Balaban J connectivity index is 1.60. The first-order valence-corrected chi connectivity index (χ1v) is 9.59. The lowest BCUT2D eigenvalue weighted by Crippen LogP contribution is -1.94. The van der Waals surface area contributed by atoms with Crippen LogP contribution >= 0.6 is 0 Å². The average molecular weight is 366 g/mol. The molecule has 5 nitrogen and oxygen atoms in total. The third kappa shape index (κ3) is 4.94. The Labute approximate surface area is 159 Å². The van der Waals surface area contributed by atoms with Gasteiger partial charge in [0.1, 0.15) is 11.5 Å². The number of benzene rings is 1. The number of aromatic nitrogens is 2. The number of carbonyl (C=O) groups is 1. The van der Waals surface area contributed by atoms with Crippen LogP contribution in [-0.2, 0) is 11.2 Å². The number of aryl methyl sites for hydroxylation is 1. The number of ether oxygens (including phenoxy) is 1. The molecule has 0 saturated heterocycles. The summed E-state index contributed by atoms with van der Waals surface area (Å²) in [4.78, 5) is 19.9. The van der Waals surface area contributed by atoms with Crippen LogP contribution in [0.3, 0.4) is 0 Å². The zero-order chi connectivity index (χ0) is 19.1. The molecule has 0 amide bonds. The third-order valence-electron chi connectivity index (χ3n) is 4.77. The normalized spacial score (nSPS) is 11.0. The van der Waals surface area contributed by atoms with Crippen molar-refractivity contribution in [2.75, 3.05) is 7.11 Å². The molecule has 27 heavy (non-hydrogen) atoms. The fourth-order valence-corrected chi connectivity index (χ4v) is 3.16. The van der Waals surface area contributed by atoms with Crippen molar-refractivity contribution in [1.29, 1.82) is 0 Å². The van der Waals surface area contributed by atoms with Crippen LogP contribution in [0.5, 0.6) is 5.75 Å². The molecule has 0 aliphatic rings. The molecule has 5 heteroatoms. The van der Waals surface area contributed by atoms with Gasteiger partial charge in [0, 0.05) is 37.0 Å². The summed E-state index contributed by atoms with van der Waals surface area (Å²) < 4.78 is 11.5. The maximum Gasteiger partial charge on any atom is 0.194 e. The topological polar surface area (TPSA) is 65.2 Å². The number of hydrogen-bond acceptors (Lipinski definition) is 5. The van der Waals surface area contributed by atoms with Gasteiger partial charge in [-0.2, -0.15) is 0 Å². The van der Waals surface area contributed by atoms with Crippen LogP contribution in [0.25, 0.3) is 22.1 Å². The van der Waals surface area contributed by atoms with Gasteiger partial charge in [-0.3, -0.25) is 9.78 Å². The zero-order valence-electron chi connectivity index (χ0n) is 16.0. The van der Waals surface area contributed by atoms with Gasteiger partial charge in [0.25, 0.3) is 0 Å². The number of ketones is 1. The van der Waals surface area contributed by atoms with E-state index in [4.69, 9.17) is 9.15 Å². The Kier molecular flexibility index (Phi) is 6.58. The van der Waals surface area contributed by atoms with E-state index >= 15 is 0 Å². The third-order valence-corrected chi connectivity index (χ3v) is 4.77. The maximum absolute atomic E-state index is 11.3. The second-order valence-corrected chi connectivity index (χ2v) is 6.70. The Hall–Kier alpha value is -2.69. The predicted molar refractivity (Wildman–Crippen MR) is 106 cm³/mol.